The summed E-state index contributed by atoms with van der Waals surface area (Å²) in [5, 5.41) is 0. The summed E-state index contributed by atoms with van der Waals surface area (Å²) in [6.07, 6.45) is 2.09. The van der Waals surface area contributed by atoms with Gasteiger partial charge in [-0.3, -0.25) is 14.5 Å². The van der Waals surface area contributed by atoms with Gasteiger partial charge in [-0.15, -0.1) is 0 Å². The maximum atomic E-state index is 13.6. The van der Waals surface area contributed by atoms with Crippen LogP contribution in [-0.2, 0) is 11.3 Å². The number of nitrogens with zero attached hydrogens (tertiary/aromatic N) is 1. The summed E-state index contributed by atoms with van der Waals surface area (Å²) in [6.45, 7) is 0.913. The van der Waals surface area contributed by atoms with Gasteiger partial charge in [-0.2, -0.15) is 0 Å². The molecule has 6 heteroatoms. The summed E-state index contributed by atoms with van der Waals surface area (Å²) in [7, 11) is 0. The van der Waals surface area contributed by atoms with Gasteiger partial charge >= 0.3 is 5.91 Å². The highest BCUT2D eigenvalue weighted by molar-refractivity contribution is 6.52. The van der Waals surface area contributed by atoms with E-state index in [2.05, 4.69) is 0 Å². The van der Waals surface area contributed by atoms with E-state index < -0.39 is 17.5 Å². The number of nitrogens with one attached hydrogen (secondary N) is 1. The van der Waals surface area contributed by atoms with Crippen molar-refractivity contribution in [1.82, 2.24) is 0 Å². The van der Waals surface area contributed by atoms with E-state index in [1.807, 2.05) is 0 Å². The number of Topliss-reactive ketones (excluding diaryl/α,β-unsaturated/α-hetero) is 1. The average Bonchev–Trinajstić information content (AvgIpc) is 3.41. The van der Waals surface area contributed by atoms with Gasteiger partial charge in [0.05, 0.1) is 17.3 Å². The molecule has 0 saturated heterocycles. The molecule has 1 atom stereocenters. The van der Waals surface area contributed by atoms with E-state index in [-0.39, 0.29) is 11.4 Å². The Morgan fingerprint density at radius 2 is 1.68 bits per heavy atom. The molecule has 2 aliphatic rings. The molecule has 0 spiro atoms. The van der Waals surface area contributed by atoms with E-state index in [1.54, 1.807) is 12.1 Å². The molecule has 2 aromatic rings. The number of amides is 1. The fourth-order valence-electron chi connectivity index (χ4n) is 3.31. The summed E-state index contributed by atoms with van der Waals surface area (Å²) >= 11 is 0. The Hall–Kier alpha value is -2.60. The van der Waals surface area contributed by atoms with E-state index >= 15 is 0 Å². The number of hydrogen-bond acceptors (Lipinski definition) is 2. The molecule has 1 unspecified atom stereocenters. The van der Waals surface area contributed by atoms with Crippen LogP contribution in [0.3, 0.4) is 0 Å². The molecular weight excluding hydrogens is 326 g/mol. The number of halogens is 2. The third-order valence-electron chi connectivity index (χ3n) is 4.79. The zero-order valence-corrected chi connectivity index (χ0v) is 13.5. The lowest BCUT2D eigenvalue weighted by atomic mass is 10.1. The monoisotopic (exact) mass is 343 g/mol. The van der Waals surface area contributed by atoms with Crippen molar-refractivity contribution in [2.45, 2.75) is 25.4 Å². The van der Waals surface area contributed by atoms with Gasteiger partial charge < -0.3 is 4.90 Å². The van der Waals surface area contributed by atoms with Gasteiger partial charge in [-0.25, -0.2) is 8.78 Å². The first-order valence-corrected chi connectivity index (χ1v) is 8.27. The van der Waals surface area contributed by atoms with Gasteiger partial charge in [-0.1, -0.05) is 12.1 Å². The molecule has 0 bridgehead atoms. The van der Waals surface area contributed by atoms with Gasteiger partial charge in [0, 0.05) is 18.4 Å². The molecule has 1 heterocycles. The Morgan fingerprint density at radius 3 is 2.36 bits per heavy atom. The van der Waals surface area contributed by atoms with Crippen LogP contribution in [0.4, 0.5) is 14.5 Å². The molecule has 128 valence electrons. The Bertz CT molecular complexity index is 847. The number of carbonyl (C=O) groups excluding carboxylic acids is 2. The van der Waals surface area contributed by atoms with Crippen LogP contribution in [0, 0.1) is 11.6 Å². The number of anilines is 1. The zero-order valence-electron chi connectivity index (χ0n) is 13.5. The molecule has 0 aromatic heterocycles. The summed E-state index contributed by atoms with van der Waals surface area (Å²) in [5.74, 6) is -1.97. The van der Waals surface area contributed by atoms with E-state index in [1.165, 1.54) is 35.2 Å². The Morgan fingerprint density at radius 1 is 1.00 bits per heavy atom. The first kappa shape index (κ1) is 15.9. The molecule has 25 heavy (non-hydrogen) atoms. The van der Waals surface area contributed by atoms with Crippen LogP contribution >= 0.6 is 0 Å². The molecule has 1 N–H and O–H groups in total. The van der Waals surface area contributed by atoms with Crippen molar-refractivity contribution < 1.29 is 23.3 Å². The predicted octanol–water partition coefficient (Wildman–Crippen LogP) is 1.70. The third kappa shape index (κ3) is 3.05. The Labute approximate surface area is 143 Å². The summed E-state index contributed by atoms with van der Waals surface area (Å²) in [5.41, 5.74) is 1.55. The molecule has 1 aliphatic heterocycles. The van der Waals surface area contributed by atoms with Crippen molar-refractivity contribution in [3.8, 4) is 0 Å². The fourth-order valence-corrected chi connectivity index (χ4v) is 3.31. The lowest BCUT2D eigenvalue weighted by Crippen LogP contribution is -3.13. The van der Waals surface area contributed by atoms with Crippen molar-refractivity contribution in [1.29, 1.82) is 0 Å². The second kappa shape index (κ2) is 6.04. The van der Waals surface area contributed by atoms with Crippen molar-refractivity contribution in [2.75, 3.05) is 11.6 Å². The highest BCUT2D eigenvalue weighted by Crippen LogP contribution is 2.29. The number of carbonyl (C=O) groups is 2. The first-order valence-electron chi connectivity index (χ1n) is 8.27. The number of ketones is 1. The van der Waals surface area contributed by atoms with E-state index in [0.29, 0.717) is 24.9 Å². The maximum absolute atomic E-state index is 13.6. The molecule has 1 fully saturated rings. The maximum Gasteiger partial charge on any atom is 0.303 e. The zero-order chi connectivity index (χ0) is 17.6. The van der Waals surface area contributed by atoms with Gasteiger partial charge in [0.15, 0.2) is 6.67 Å². The van der Waals surface area contributed by atoms with Crippen molar-refractivity contribution in [3.05, 3.63) is 65.2 Å². The van der Waals surface area contributed by atoms with Gasteiger partial charge in [0.25, 0.3) is 5.78 Å². The molecule has 1 aliphatic carbocycles. The van der Waals surface area contributed by atoms with E-state index in [4.69, 9.17) is 0 Å². The van der Waals surface area contributed by atoms with Crippen LogP contribution < -0.4 is 9.80 Å². The van der Waals surface area contributed by atoms with Gasteiger partial charge in [0.1, 0.15) is 18.2 Å². The summed E-state index contributed by atoms with van der Waals surface area (Å²) in [6, 6.07) is 10.5. The molecule has 4 nitrogen and oxygen atoms in total. The third-order valence-corrected chi connectivity index (χ3v) is 4.79. The molecule has 1 saturated carbocycles. The minimum absolute atomic E-state index is 0.253. The van der Waals surface area contributed by atoms with E-state index in [0.717, 1.165) is 23.3 Å². The fraction of sp³-hybridized carbons (Fsp3) is 0.263. The SMILES string of the molecule is O=C1C(=O)N(C[NH+](Cc2ccc(F)cc2)C2CC2)c2cc(F)ccc21. The van der Waals surface area contributed by atoms with Crippen LogP contribution in [0.2, 0.25) is 0 Å². The molecule has 4 rings (SSSR count). The van der Waals surface area contributed by atoms with Crippen LogP contribution in [0.1, 0.15) is 28.8 Å². The van der Waals surface area contributed by atoms with Crippen LogP contribution in [0.15, 0.2) is 42.5 Å². The lowest BCUT2D eigenvalue weighted by Gasteiger charge is -2.25. The lowest BCUT2D eigenvalue weighted by molar-refractivity contribution is -0.923. The number of quaternary nitrogens is 1. The van der Waals surface area contributed by atoms with Crippen molar-refractivity contribution >= 4 is 17.4 Å². The second-order valence-corrected chi connectivity index (χ2v) is 6.62. The number of hydrogen-bond donors (Lipinski definition) is 1. The number of fused-ring (bicyclic) bond motifs is 1. The van der Waals surface area contributed by atoms with E-state index in [9.17, 15) is 18.4 Å². The quantitative estimate of drug-likeness (QED) is 0.840. The van der Waals surface area contributed by atoms with Gasteiger partial charge in [-0.05, 0) is 30.3 Å². The van der Waals surface area contributed by atoms with Crippen LogP contribution in [-0.4, -0.2) is 24.4 Å². The van der Waals surface area contributed by atoms with Gasteiger partial charge in [0.2, 0.25) is 0 Å². The minimum Gasteiger partial charge on any atom is -0.311 e. The number of benzene rings is 2. The molecular formula is C19H17F2N2O2+. The predicted molar refractivity (Wildman–Crippen MR) is 87.2 cm³/mol. The smallest absolute Gasteiger partial charge is 0.303 e. The van der Waals surface area contributed by atoms with Crippen molar-refractivity contribution in [2.24, 2.45) is 0 Å². The first-order chi connectivity index (χ1) is 12.0. The largest absolute Gasteiger partial charge is 0.311 e. The molecule has 2 aromatic carbocycles. The Kier molecular flexibility index (Phi) is 3.84. The van der Waals surface area contributed by atoms with Crippen LogP contribution in [0.5, 0.6) is 0 Å². The van der Waals surface area contributed by atoms with Crippen molar-refractivity contribution in [3.63, 3.8) is 0 Å². The van der Waals surface area contributed by atoms with Crippen LogP contribution in [0.25, 0.3) is 0 Å². The number of rotatable bonds is 5. The standard InChI is InChI=1S/C19H16F2N2O2/c20-13-3-1-12(2-4-13)10-22(15-6-7-15)11-23-17-9-14(21)5-8-16(17)18(24)19(23)25/h1-5,8-9,15H,6-7,10-11H2/p+1. The Balaban J connectivity index is 1.58. The molecule has 1 amide bonds. The minimum atomic E-state index is -0.613. The highest BCUT2D eigenvalue weighted by atomic mass is 19.1. The normalized spacial score (nSPS) is 17.8. The molecule has 0 radical (unpaired) electrons. The second-order valence-electron chi connectivity index (χ2n) is 6.62. The topological polar surface area (TPSA) is 41.8 Å². The summed E-state index contributed by atoms with van der Waals surface area (Å²) in [4.78, 5) is 26.9. The highest BCUT2D eigenvalue weighted by Gasteiger charge is 2.41. The average molecular weight is 343 g/mol. The summed E-state index contributed by atoms with van der Waals surface area (Å²) < 4.78 is 26.7.